The lowest BCUT2D eigenvalue weighted by Crippen LogP contribution is -2.17. The maximum absolute atomic E-state index is 13.7. The van der Waals surface area contributed by atoms with Crippen molar-refractivity contribution in [3.05, 3.63) is 131 Å². The van der Waals surface area contributed by atoms with Gasteiger partial charge in [-0.15, -0.1) is 0 Å². The van der Waals surface area contributed by atoms with Crippen molar-refractivity contribution in [2.75, 3.05) is 37.5 Å². The number of hydrogen-bond donors (Lipinski definition) is 2. The Balaban J connectivity index is 0.000000161. The average molecular weight is 803 g/mol. The molecule has 0 bridgehead atoms. The van der Waals surface area contributed by atoms with Crippen LogP contribution in [0.5, 0.6) is 23.0 Å². The molecular formula is C40H31ClF4N6O6. The molecule has 0 aliphatic carbocycles. The van der Waals surface area contributed by atoms with Crippen molar-refractivity contribution < 1.29 is 46.1 Å². The van der Waals surface area contributed by atoms with Crippen LogP contribution in [0.2, 0.25) is 0 Å². The Hall–Kier alpha value is -6.81. The number of nitrogens with one attached hydrogen (secondary N) is 1. The molecule has 12 nitrogen and oxygen atoms in total. The van der Waals surface area contributed by atoms with E-state index in [4.69, 9.17) is 36.3 Å². The first-order valence-electron chi connectivity index (χ1n) is 17.0. The van der Waals surface area contributed by atoms with Crippen LogP contribution >= 0.6 is 11.6 Å². The van der Waals surface area contributed by atoms with E-state index in [0.717, 1.165) is 69.8 Å². The highest BCUT2D eigenvalue weighted by Gasteiger charge is 2.20. The van der Waals surface area contributed by atoms with E-state index in [2.05, 4.69) is 25.3 Å². The van der Waals surface area contributed by atoms with Crippen molar-refractivity contribution in [1.29, 1.82) is 0 Å². The Bertz CT molecular complexity index is 2400. The van der Waals surface area contributed by atoms with Gasteiger partial charge in [0.1, 0.15) is 66.6 Å². The van der Waals surface area contributed by atoms with E-state index in [-0.39, 0.29) is 5.82 Å². The number of fused-ring (bicyclic) bond motifs is 2. The van der Waals surface area contributed by atoms with Gasteiger partial charge < -0.3 is 30.0 Å². The van der Waals surface area contributed by atoms with Crippen LogP contribution in [0.15, 0.2) is 85.5 Å². The predicted octanol–water partition coefficient (Wildman–Crippen LogP) is 7.90. The fourth-order valence-corrected chi connectivity index (χ4v) is 5.70. The molecule has 0 fully saturated rings. The van der Waals surface area contributed by atoms with Crippen LogP contribution < -0.4 is 30.0 Å². The number of benzene rings is 4. The summed E-state index contributed by atoms with van der Waals surface area (Å²) in [7, 11) is 0. The average Bonchev–Trinajstić information content (AvgIpc) is 3.18. The number of halogens is 5. The zero-order chi connectivity index (χ0) is 40.6. The Morgan fingerprint density at radius 1 is 0.614 bits per heavy atom. The van der Waals surface area contributed by atoms with Gasteiger partial charge in [-0.3, -0.25) is 19.6 Å². The predicted molar refractivity (Wildman–Crippen MR) is 202 cm³/mol. The summed E-state index contributed by atoms with van der Waals surface area (Å²) in [5, 5.41) is 1.22. The Morgan fingerprint density at radius 2 is 1.04 bits per heavy atom. The summed E-state index contributed by atoms with van der Waals surface area (Å²) in [5.41, 5.74) is 9.27. The summed E-state index contributed by atoms with van der Waals surface area (Å²) < 4.78 is 74.8. The first kappa shape index (κ1) is 39.9. The summed E-state index contributed by atoms with van der Waals surface area (Å²) in [4.78, 5) is 39.2. The van der Waals surface area contributed by atoms with Crippen LogP contribution in [0.3, 0.4) is 0 Å². The maximum atomic E-state index is 13.7. The fraction of sp³-hybridized carbons (Fsp3) is 0.150. The molecule has 292 valence electrons. The number of ether oxygens (including phenoxy) is 4. The second-order valence-corrected chi connectivity index (χ2v) is 12.5. The van der Waals surface area contributed by atoms with E-state index in [1.54, 1.807) is 12.4 Å². The number of nitrogens with zero attached hydrogens (tertiary/aromatic N) is 4. The van der Waals surface area contributed by atoms with E-state index < -0.39 is 45.5 Å². The molecule has 57 heavy (non-hydrogen) atoms. The van der Waals surface area contributed by atoms with Gasteiger partial charge in [0.25, 0.3) is 11.1 Å². The number of aryl methyl sites for hydroxylation is 2. The monoisotopic (exact) mass is 802 g/mol. The van der Waals surface area contributed by atoms with E-state index in [9.17, 15) is 27.2 Å². The molecule has 0 saturated heterocycles. The number of anilines is 2. The van der Waals surface area contributed by atoms with Crippen molar-refractivity contribution in [3.8, 4) is 45.5 Å². The van der Waals surface area contributed by atoms with Crippen LogP contribution in [0.25, 0.3) is 22.5 Å². The molecule has 3 N–H and O–H groups in total. The van der Waals surface area contributed by atoms with Crippen molar-refractivity contribution in [1.82, 2.24) is 19.9 Å². The lowest BCUT2D eigenvalue weighted by Gasteiger charge is -2.20. The number of aromatic nitrogens is 4. The third kappa shape index (κ3) is 9.53. The largest absolute Gasteiger partial charge is 0.486 e. The fourth-order valence-electron chi connectivity index (χ4n) is 5.52. The molecule has 2 aromatic heterocycles. The first-order chi connectivity index (χ1) is 27.4. The smallest absolute Gasteiger partial charge is 0.262 e. The highest BCUT2D eigenvalue weighted by Crippen LogP contribution is 2.38. The lowest BCUT2D eigenvalue weighted by atomic mass is 10.0. The van der Waals surface area contributed by atoms with Crippen LogP contribution in [-0.4, -0.2) is 57.5 Å². The van der Waals surface area contributed by atoms with Crippen molar-refractivity contribution in [2.45, 2.75) is 13.8 Å². The molecule has 2 aliphatic heterocycles. The topological polar surface area (TPSA) is 161 Å². The molecule has 4 heterocycles. The van der Waals surface area contributed by atoms with Crippen LogP contribution in [0.4, 0.5) is 29.2 Å². The summed E-state index contributed by atoms with van der Waals surface area (Å²) >= 11 is 4.89. The van der Waals surface area contributed by atoms with Crippen LogP contribution in [0, 0.1) is 37.1 Å². The highest BCUT2D eigenvalue weighted by atomic mass is 35.5. The molecule has 6 aromatic rings. The minimum Gasteiger partial charge on any atom is -0.486 e. The zero-order valence-electron chi connectivity index (χ0n) is 30.1. The van der Waals surface area contributed by atoms with E-state index in [1.807, 2.05) is 38.1 Å². The van der Waals surface area contributed by atoms with Crippen LogP contribution in [-0.2, 0) is 0 Å². The van der Waals surface area contributed by atoms with E-state index >= 15 is 0 Å². The third-order valence-corrected chi connectivity index (χ3v) is 8.43. The van der Waals surface area contributed by atoms with Gasteiger partial charge in [0.05, 0.1) is 36.2 Å². The Kier molecular flexibility index (Phi) is 12.4. The minimum atomic E-state index is -1.12. The molecule has 0 atom stereocenters. The summed E-state index contributed by atoms with van der Waals surface area (Å²) in [6.45, 7) is 6.05. The van der Waals surface area contributed by atoms with Gasteiger partial charge in [-0.25, -0.2) is 27.5 Å². The van der Waals surface area contributed by atoms with Crippen molar-refractivity contribution in [3.63, 3.8) is 0 Å². The van der Waals surface area contributed by atoms with Crippen molar-refractivity contribution in [2.24, 2.45) is 0 Å². The highest BCUT2D eigenvalue weighted by molar-refractivity contribution is 6.67. The molecule has 0 saturated carbocycles. The molecule has 0 spiro atoms. The number of amides is 1. The number of carbonyl (C=O) groups excluding carboxylic acids is 2. The zero-order valence-corrected chi connectivity index (χ0v) is 30.9. The van der Waals surface area contributed by atoms with Gasteiger partial charge in [-0.05, 0) is 85.1 Å². The number of carbonyl (C=O) groups is 2. The Morgan fingerprint density at radius 3 is 1.42 bits per heavy atom. The van der Waals surface area contributed by atoms with Gasteiger partial charge in [0.15, 0.2) is 28.8 Å². The van der Waals surface area contributed by atoms with Gasteiger partial charge in [-0.2, -0.15) is 0 Å². The van der Waals surface area contributed by atoms with Gasteiger partial charge in [0.2, 0.25) is 0 Å². The number of rotatable bonds is 5. The number of nitrogens with two attached hydrogens (primary N) is 1. The molecule has 2 aliphatic rings. The summed E-state index contributed by atoms with van der Waals surface area (Å²) in [5.74, 6) is -1.39. The lowest BCUT2D eigenvalue weighted by molar-refractivity contribution is 0.101. The Labute approximate surface area is 327 Å². The van der Waals surface area contributed by atoms with E-state index in [1.165, 1.54) is 18.5 Å². The second-order valence-electron chi connectivity index (χ2n) is 12.2. The summed E-state index contributed by atoms with van der Waals surface area (Å²) in [6.07, 6.45) is 5.99. The molecular weight excluding hydrogens is 772 g/mol. The quantitative estimate of drug-likeness (QED) is 0.129. The molecule has 8 rings (SSSR count). The first-order valence-corrected chi connectivity index (χ1v) is 17.4. The maximum Gasteiger partial charge on any atom is 0.262 e. The SMILES string of the molecule is Cc1cc2c(cc1-c1cnc(N)cn1)OCCO2.Cc1cc2c(cc1-c1cnc(NC(=O)c3c(F)cccc3F)cn1)OCCO2.O=C(Cl)c1c(F)cccc1F. The van der Waals surface area contributed by atoms with Gasteiger partial charge in [-0.1, -0.05) is 12.1 Å². The minimum absolute atomic E-state index is 0.0756. The molecule has 0 radical (unpaired) electrons. The van der Waals surface area contributed by atoms with Gasteiger partial charge >= 0.3 is 0 Å². The molecule has 17 heteroatoms. The van der Waals surface area contributed by atoms with E-state index in [0.29, 0.717) is 49.4 Å². The summed E-state index contributed by atoms with van der Waals surface area (Å²) in [6, 6.07) is 13.9. The molecule has 4 aromatic carbocycles. The standard InChI is InChI=1S/C20H15F2N3O3.C13H13N3O2.C7H3ClF2O/c1-11-7-16-17(28-6-5-27-16)8-12(11)15-9-24-18(10-23-15)25-20(26)19-13(21)3-2-4-14(19)22;1-8-4-11-12(18-3-2-17-11)5-9(8)10-6-16-13(14)7-15-10;8-7(11)6-4(9)2-1-3-5(6)10/h2-4,7-10H,5-6H2,1H3,(H,24,25,26);4-7H,2-3H2,1H3,(H2,14,16);1-3H. The normalized spacial score (nSPS) is 12.3. The van der Waals surface area contributed by atoms with Crippen LogP contribution in [0.1, 0.15) is 31.8 Å². The number of hydrogen-bond acceptors (Lipinski definition) is 11. The van der Waals surface area contributed by atoms with Crippen molar-refractivity contribution >= 4 is 34.4 Å². The number of nitrogen functional groups attached to an aromatic ring is 1. The van der Waals surface area contributed by atoms with Gasteiger partial charge in [0, 0.05) is 11.1 Å². The third-order valence-electron chi connectivity index (χ3n) is 8.24. The molecule has 1 amide bonds. The second kappa shape index (κ2) is 17.8. The molecule has 0 unspecified atom stereocenters.